The van der Waals surface area contributed by atoms with Crippen molar-refractivity contribution < 1.29 is 4.79 Å². The minimum Gasteiger partial charge on any atom is -0.355 e. The average molecular weight is 574 g/mol. The summed E-state index contributed by atoms with van der Waals surface area (Å²) in [5, 5.41) is 16.6. The number of rotatable bonds is 6. The number of amides is 1. The molecule has 0 aliphatic rings. The van der Waals surface area contributed by atoms with E-state index in [0.29, 0.717) is 44.3 Å². The molecule has 188 valence electrons. The fourth-order valence-electron chi connectivity index (χ4n) is 3.44. The Balaban J connectivity index is 0.00000380. The number of carbonyl (C=O) groups excluding carboxylic acids is 1. The summed E-state index contributed by atoms with van der Waals surface area (Å²) >= 11 is 18.6. The molecule has 37 heavy (non-hydrogen) atoms. The van der Waals surface area contributed by atoms with Crippen molar-refractivity contribution in [3.05, 3.63) is 117 Å². The number of H-pyrrole nitrogens is 1. The maximum atomic E-state index is 12.9. The van der Waals surface area contributed by atoms with Gasteiger partial charge in [0.25, 0.3) is 5.91 Å². The second kappa shape index (κ2) is 13.1. The van der Waals surface area contributed by atoms with Crippen LogP contribution in [-0.2, 0) is 0 Å². The summed E-state index contributed by atoms with van der Waals surface area (Å²) in [6.45, 7) is 0.301. The molecule has 1 amide bonds. The maximum Gasteiger partial charge on any atom is 0.257 e. The predicted octanol–water partition coefficient (Wildman–Crippen LogP) is 6.50. The molecule has 0 saturated carbocycles. The van der Waals surface area contributed by atoms with Crippen LogP contribution in [0.2, 0.25) is 15.1 Å². The fourth-order valence-corrected chi connectivity index (χ4v) is 4.10. The van der Waals surface area contributed by atoms with Crippen molar-refractivity contribution in [3.8, 4) is 6.07 Å². The van der Waals surface area contributed by atoms with Crippen molar-refractivity contribution in [2.45, 2.75) is 5.92 Å². The van der Waals surface area contributed by atoms with E-state index in [9.17, 15) is 4.79 Å². The first kappa shape index (κ1) is 28.0. The molecule has 0 radical (unpaired) electrons. The van der Waals surface area contributed by atoms with Gasteiger partial charge in [-0.1, -0.05) is 40.9 Å². The van der Waals surface area contributed by atoms with Crippen molar-refractivity contribution in [2.75, 3.05) is 6.54 Å². The van der Waals surface area contributed by atoms with Gasteiger partial charge in [0.2, 0.25) is 5.96 Å². The lowest BCUT2D eigenvalue weighted by molar-refractivity contribution is 0.0976. The minimum atomic E-state index is -0.390. The van der Waals surface area contributed by atoms with E-state index in [-0.39, 0.29) is 24.3 Å². The lowest BCUT2D eigenvalue weighted by Crippen LogP contribution is -2.42. The van der Waals surface area contributed by atoms with Gasteiger partial charge in [-0.15, -0.1) is 12.4 Å². The first-order chi connectivity index (χ1) is 17.4. The van der Waals surface area contributed by atoms with Crippen LogP contribution in [0.3, 0.4) is 0 Å². The number of halogens is 4. The van der Waals surface area contributed by atoms with E-state index in [4.69, 9.17) is 40.1 Å². The van der Waals surface area contributed by atoms with Gasteiger partial charge in [0.1, 0.15) is 5.82 Å². The van der Waals surface area contributed by atoms with E-state index in [1.807, 2.05) is 12.1 Å². The number of hydrogen-bond acceptors (Lipinski definition) is 4. The Morgan fingerprint density at radius 2 is 1.73 bits per heavy atom. The molecule has 1 atom stereocenters. The number of imidazole rings is 1. The van der Waals surface area contributed by atoms with Gasteiger partial charge >= 0.3 is 0 Å². The van der Waals surface area contributed by atoms with E-state index in [1.54, 1.807) is 73.1 Å². The first-order valence-corrected chi connectivity index (χ1v) is 11.9. The van der Waals surface area contributed by atoms with E-state index in [1.165, 1.54) is 0 Å². The van der Waals surface area contributed by atoms with Crippen LogP contribution in [0, 0.1) is 11.3 Å². The van der Waals surface area contributed by atoms with Crippen molar-refractivity contribution in [3.63, 3.8) is 0 Å². The highest BCUT2D eigenvalue weighted by atomic mass is 35.5. The predicted molar refractivity (Wildman–Crippen MR) is 149 cm³/mol. The van der Waals surface area contributed by atoms with Crippen LogP contribution in [0.4, 0.5) is 5.69 Å². The molecule has 0 fully saturated rings. The van der Waals surface area contributed by atoms with Crippen LogP contribution in [0.25, 0.3) is 0 Å². The van der Waals surface area contributed by atoms with Gasteiger partial charge in [-0.25, -0.2) is 9.98 Å². The van der Waals surface area contributed by atoms with Crippen molar-refractivity contribution >= 4 is 64.8 Å². The Kier molecular flexibility index (Phi) is 9.95. The normalized spacial score (nSPS) is 11.7. The second-order valence-electron chi connectivity index (χ2n) is 7.65. The highest BCUT2D eigenvalue weighted by Crippen LogP contribution is 2.30. The molecule has 3 N–H and O–H groups in total. The summed E-state index contributed by atoms with van der Waals surface area (Å²) in [4.78, 5) is 25.0. The SMILES string of the molecule is Cl.N#Cc1ccc(C(=O)NC(=Nc2ccc(Cl)cc2)NCC(c2ncc[nH]2)c2ccc(Cl)cc2Cl)cc1. The molecule has 0 aliphatic heterocycles. The number of carbonyl (C=O) groups is 1. The third kappa shape index (κ3) is 7.48. The number of guanidine groups is 1. The molecule has 0 aliphatic carbocycles. The fraction of sp³-hybridized carbons (Fsp3) is 0.0769. The van der Waals surface area contributed by atoms with E-state index in [0.717, 1.165) is 5.56 Å². The third-order valence-electron chi connectivity index (χ3n) is 5.24. The molecule has 4 rings (SSSR count). The standard InChI is InChI=1S/C26H19Cl3N6O.ClH/c27-18-5-8-20(9-6-18)34-26(35-25(36)17-3-1-16(14-30)2-4-17)33-15-22(24-31-11-12-32-24)21-10-7-19(28)13-23(21)29;/h1-13,22H,15H2,(H,31,32)(H2,33,34,35,36);1H. The molecular formula is C26H20Cl4N6O. The molecule has 0 saturated heterocycles. The molecule has 1 aromatic heterocycles. The van der Waals surface area contributed by atoms with Crippen LogP contribution in [0.5, 0.6) is 0 Å². The monoisotopic (exact) mass is 572 g/mol. The topological polar surface area (TPSA) is 106 Å². The van der Waals surface area contributed by atoms with E-state index in [2.05, 4.69) is 25.6 Å². The van der Waals surface area contributed by atoms with Gasteiger partial charge in [-0.05, 0) is 66.2 Å². The van der Waals surface area contributed by atoms with Gasteiger partial charge in [0.05, 0.1) is 23.2 Å². The Morgan fingerprint density at radius 1 is 1.03 bits per heavy atom. The highest BCUT2D eigenvalue weighted by molar-refractivity contribution is 6.35. The molecule has 4 aromatic rings. The zero-order valence-electron chi connectivity index (χ0n) is 19.1. The summed E-state index contributed by atoms with van der Waals surface area (Å²) < 4.78 is 0. The number of aromatic amines is 1. The molecule has 1 heterocycles. The number of hydrogen-bond donors (Lipinski definition) is 3. The van der Waals surface area contributed by atoms with Gasteiger partial charge in [0, 0.05) is 39.6 Å². The van der Waals surface area contributed by atoms with Gasteiger partial charge < -0.3 is 10.3 Å². The third-order valence-corrected chi connectivity index (χ3v) is 6.05. The second-order valence-corrected chi connectivity index (χ2v) is 8.93. The van der Waals surface area contributed by atoms with Crippen LogP contribution in [0.1, 0.15) is 33.2 Å². The summed E-state index contributed by atoms with van der Waals surface area (Å²) in [7, 11) is 0. The number of benzene rings is 3. The summed E-state index contributed by atoms with van der Waals surface area (Å²) in [5.41, 5.74) is 2.22. The number of nitrogens with one attached hydrogen (secondary N) is 3. The van der Waals surface area contributed by atoms with Crippen molar-refractivity contribution in [2.24, 2.45) is 4.99 Å². The van der Waals surface area contributed by atoms with Crippen molar-refractivity contribution in [1.29, 1.82) is 5.26 Å². The molecular weight excluding hydrogens is 554 g/mol. The lowest BCUT2D eigenvalue weighted by atomic mass is 9.98. The van der Waals surface area contributed by atoms with Crippen LogP contribution < -0.4 is 10.6 Å². The summed E-state index contributed by atoms with van der Waals surface area (Å²) in [6, 6.07) is 20.5. The maximum absolute atomic E-state index is 12.9. The first-order valence-electron chi connectivity index (χ1n) is 10.8. The minimum absolute atomic E-state index is 0. The van der Waals surface area contributed by atoms with Crippen LogP contribution in [-0.4, -0.2) is 28.4 Å². The van der Waals surface area contributed by atoms with E-state index < -0.39 is 5.91 Å². The Bertz CT molecular complexity index is 1420. The summed E-state index contributed by atoms with van der Waals surface area (Å²) in [5.74, 6) is 0.204. The van der Waals surface area contributed by atoms with E-state index >= 15 is 0 Å². The Labute approximate surface area is 234 Å². The lowest BCUT2D eigenvalue weighted by Gasteiger charge is -2.19. The number of aromatic nitrogens is 2. The van der Waals surface area contributed by atoms with Crippen LogP contribution in [0.15, 0.2) is 84.1 Å². The number of nitrogens with zero attached hydrogens (tertiary/aromatic N) is 3. The zero-order chi connectivity index (χ0) is 25.5. The number of aliphatic imine (C=N–C) groups is 1. The molecule has 3 aromatic carbocycles. The van der Waals surface area contributed by atoms with Gasteiger partial charge in [0.15, 0.2) is 0 Å². The molecule has 0 bridgehead atoms. The smallest absolute Gasteiger partial charge is 0.257 e. The van der Waals surface area contributed by atoms with Gasteiger partial charge in [-0.2, -0.15) is 5.26 Å². The van der Waals surface area contributed by atoms with Crippen molar-refractivity contribution in [1.82, 2.24) is 20.6 Å². The average Bonchev–Trinajstić information content (AvgIpc) is 3.41. The highest BCUT2D eigenvalue weighted by Gasteiger charge is 2.21. The molecule has 1 unspecified atom stereocenters. The van der Waals surface area contributed by atoms with Crippen LogP contribution >= 0.6 is 47.2 Å². The largest absolute Gasteiger partial charge is 0.355 e. The number of nitriles is 1. The molecule has 0 spiro atoms. The van der Waals surface area contributed by atoms with Gasteiger partial charge in [-0.3, -0.25) is 10.1 Å². The molecule has 7 nitrogen and oxygen atoms in total. The summed E-state index contributed by atoms with van der Waals surface area (Å²) in [6.07, 6.45) is 3.38. The molecule has 11 heteroatoms. The Hall–Kier alpha value is -3.54. The quantitative estimate of drug-likeness (QED) is 0.181. The Morgan fingerprint density at radius 3 is 2.35 bits per heavy atom. The zero-order valence-corrected chi connectivity index (χ0v) is 22.2.